The molecule has 0 saturated carbocycles. The Morgan fingerprint density at radius 1 is 1.19 bits per heavy atom. The summed E-state index contributed by atoms with van der Waals surface area (Å²) >= 11 is 0. The number of hydrogen-bond acceptors (Lipinski definition) is 2. The third-order valence-corrected chi connectivity index (χ3v) is 2.58. The fraction of sp³-hybridized carbons (Fsp3) is 0.154. The number of nitrogens with two attached hydrogens (primary N) is 1. The number of pyridine rings is 1. The summed E-state index contributed by atoms with van der Waals surface area (Å²) in [7, 11) is 0. The average molecular weight is 216 g/mol. The van der Waals surface area contributed by atoms with Crippen LogP contribution in [0.15, 0.2) is 30.5 Å². The van der Waals surface area contributed by atoms with Crippen molar-refractivity contribution >= 4 is 5.69 Å². The van der Waals surface area contributed by atoms with Crippen LogP contribution in [-0.4, -0.2) is 4.98 Å². The topological polar surface area (TPSA) is 38.9 Å². The average Bonchev–Trinajstić information content (AvgIpc) is 2.25. The normalized spacial score (nSPS) is 10.4. The zero-order valence-corrected chi connectivity index (χ0v) is 9.29. The van der Waals surface area contributed by atoms with E-state index >= 15 is 0 Å². The molecule has 0 unspecified atom stereocenters. The molecule has 0 spiro atoms. The van der Waals surface area contributed by atoms with E-state index in [1.165, 1.54) is 6.07 Å². The lowest BCUT2D eigenvalue weighted by atomic mass is 10.0. The second-order valence-corrected chi connectivity index (χ2v) is 3.88. The number of aromatic nitrogens is 1. The summed E-state index contributed by atoms with van der Waals surface area (Å²) in [6.45, 7) is 3.68. The molecule has 3 heteroatoms. The van der Waals surface area contributed by atoms with Crippen LogP contribution in [0.5, 0.6) is 0 Å². The van der Waals surface area contributed by atoms with Crippen molar-refractivity contribution in [2.24, 2.45) is 0 Å². The van der Waals surface area contributed by atoms with Gasteiger partial charge >= 0.3 is 0 Å². The highest BCUT2D eigenvalue weighted by Crippen LogP contribution is 2.26. The largest absolute Gasteiger partial charge is 0.398 e. The van der Waals surface area contributed by atoms with Crippen molar-refractivity contribution in [1.29, 1.82) is 0 Å². The van der Waals surface area contributed by atoms with E-state index in [9.17, 15) is 4.39 Å². The van der Waals surface area contributed by atoms with Gasteiger partial charge in [0.05, 0.1) is 0 Å². The first-order valence-corrected chi connectivity index (χ1v) is 5.06. The van der Waals surface area contributed by atoms with Crippen LogP contribution in [-0.2, 0) is 0 Å². The number of nitrogens with zero attached hydrogens (tertiary/aromatic N) is 1. The Morgan fingerprint density at radius 2 is 1.94 bits per heavy atom. The standard InChI is InChI=1S/C13H13FN2/c1-8-5-12(14)11(6-13(8)15)10-4-3-9(2)16-7-10/h3-7H,15H2,1-2H3. The minimum atomic E-state index is -0.266. The van der Waals surface area contributed by atoms with E-state index in [0.717, 1.165) is 16.8 Å². The van der Waals surface area contributed by atoms with Crippen molar-refractivity contribution in [2.75, 3.05) is 5.73 Å². The lowest BCUT2D eigenvalue weighted by Crippen LogP contribution is -1.94. The summed E-state index contributed by atoms with van der Waals surface area (Å²) in [5.74, 6) is -0.266. The summed E-state index contributed by atoms with van der Waals surface area (Å²) in [4.78, 5) is 4.14. The smallest absolute Gasteiger partial charge is 0.131 e. The van der Waals surface area contributed by atoms with Crippen molar-refractivity contribution in [1.82, 2.24) is 4.98 Å². The van der Waals surface area contributed by atoms with E-state index in [-0.39, 0.29) is 5.82 Å². The van der Waals surface area contributed by atoms with E-state index in [1.807, 2.05) is 19.1 Å². The molecule has 2 rings (SSSR count). The highest BCUT2D eigenvalue weighted by atomic mass is 19.1. The fourth-order valence-electron chi connectivity index (χ4n) is 1.54. The van der Waals surface area contributed by atoms with Gasteiger partial charge in [0, 0.05) is 28.7 Å². The number of benzene rings is 1. The molecule has 0 fully saturated rings. The van der Waals surface area contributed by atoms with Gasteiger partial charge in [-0.15, -0.1) is 0 Å². The van der Waals surface area contributed by atoms with Crippen molar-refractivity contribution in [3.05, 3.63) is 47.5 Å². The molecule has 0 aliphatic rings. The maximum Gasteiger partial charge on any atom is 0.131 e. The van der Waals surface area contributed by atoms with Gasteiger partial charge in [-0.05, 0) is 37.6 Å². The van der Waals surface area contributed by atoms with Gasteiger partial charge in [-0.25, -0.2) is 4.39 Å². The molecule has 0 radical (unpaired) electrons. The molecule has 1 aromatic heterocycles. The Bertz CT molecular complexity index is 518. The Morgan fingerprint density at radius 3 is 2.56 bits per heavy atom. The fourth-order valence-corrected chi connectivity index (χ4v) is 1.54. The summed E-state index contributed by atoms with van der Waals surface area (Å²) in [5.41, 5.74) is 9.26. The van der Waals surface area contributed by atoms with Crippen LogP contribution in [0, 0.1) is 19.7 Å². The van der Waals surface area contributed by atoms with Crippen LogP contribution < -0.4 is 5.73 Å². The highest BCUT2D eigenvalue weighted by Gasteiger charge is 2.07. The molecule has 0 aliphatic heterocycles. The molecule has 0 amide bonds. The van der Waals surface area contributed by atoms with Crippen LogP contribution >= 0.6 is 0 Å². The van der Waals surface area contributed by atoms with Gasteiger partial charge in [-0.2, -0.15) is 0 Å². The second-order valence-electron chi connectivity index (χ2n) is 3.88. The lowest BCUT2D eigenvalue weighted by Gasteiger charge is -2.07. The number of aryl methyl sites for hydroxylation is 2. The van der Waals surface area contributed by atoms with Crippen LogP contribution in [0.25, 0.3) is 11.1 Å². The maximum atomic E-state index is 13.7. The van der Waals surface area contributed by atoms with E-state index in [0.29, 0.717) is 11.3 Å². The first-order chi connectivity index (χ1) is 7.58. The SMILES string of the molecule is Cc1ccc(-c2cc(N)c(C)cc2F)cn1. The molecular formula is C13H13FN2. The summed E-state index contributed by atoms with van der Waals surface area (Å²) in [6.07, 6.45) is 1.66. The molecule has 0 saturated heterocycles. The molecule has 2 aromatic rings. The van der Waals surface area contributed by atoms with Gasteiger partial charge in [0.1, 0.15) is 5.82 Å². The quantitative estimate of drug-likeness (QED) is 0.744. The second kappa shape index (κ2) is 3.93. The first-order valence-electron chi connectivity index (χ1n) is 5.06. The minimum absolute atomic E-state index is 0.266. The molecule has 1 heterocycles. The van der Waals surface area contributed by atoms with Crippen molar-refractivity contribution < 1.29 is 4.39 Å². The van der Waals surface area contributed by atoms with Gasteiger partial charge in [0.2, 0.25) is 0 Å². The Hall–Kier alpha value is -1.90. The van der Waals surface area contributed by atoms with Gasteiger partial charge < -0.3 is 5.73 Å². The molecule has 0 bridgehead atoms. The van der Waals surface area contributed by atoms with Gasteiger partial charge in [-0.1, -0.05) is 6.07 Å². The number of nitrogen functional groups attached to an aromatic ring is 1. The molecule has 16 heavy (non-hydrogen) atoms. The number of rotatable bonds is 1. The summed E-state index contributed by atoms with van der Waals surface area (Å²) in [6, 6.07) is 6.79. The van der Waals surface area contributed by atoms with E-state index in [4.69, 9.17) is 5.73 Å². The van der Waals surface area contributed by atoms with E-state index in [1.54, 1.807) is 19.2 Å². The van der Waals surface area contributed by atoms with Gasteiger partial charge in [0.25, 0.3) is 0 Å². The Balaban J connectivity index is 2.56. The zero-order chi connectivity index (χ0) is 11.7. The lowest BCUT2D eigenvalue weighted by molar-refractivity contribution is 0.630. The maximum absolute atomic E-state index is 13.7. The third-order valence-electron chi connectivity index (χ3n) is 2.58. The molecule has 2 N–H and O–H groups in total. The van der Waals surface area contributed by atoms with Crippen LogP contribution in [0.3, 0.4) is 0 Å². The molecule has 2 nitrogen and oxygen atoms in total. The van der Waals surface area contributed by atoms with E-state index in [2.05, 4.69) is 4.98 Å². The number of halogens is 1. The Labute approximate surface area is 93.9 Å². The number of hydrogen-bond donors (Lipinski definition) is 1. The minimum Gasteiger partial charge on any atom is -0.398 e. The molecule has 82 valence electrons. The highest BCUT2D eigenvalue weighted by molar-refractivity contribution is 5.69. The summed E-state index contributed by atoms with van der Waals surface area (Å²) in [5, 5.41) is 0. The Kier molecular flexibility index (Phi) is 2.60. The van der Waals surface area contributed by atoms with Gasteiger partial charge in [-0.3, -0.25) is 4.98 Å². The summed E-state index contributed by atoms with van der Waals surface area (Å²) < 4.78 is 13.7. The van der Waals surface area contributed by atoms with Crippen LogP contribution in [0.4, 0.5) is 10.1 Å². The van der Waals surface area contributed by atoms with Gasteiger partial charge in [0.15, 0.2) is 0 Å². The zero-order valence-electron chi connectivity index (χ0n) is 9.29. The van der Waals surface area contributed by atoms with Crippen molar-refractivity contribution in [3.63, 3.8) is 0 Å². The van der Waals surface area contributed by atoms with Crippen LogP contribution in [0.2, 0.25) is 0 Å². The van der Waals surface area contributed by atoms with Crippen LogP contribution in [0.1, 0.15) is 11.3 Å². The molecule has 0 aliphatic carbocycles. The monoisotopic (exact) mass is 216 g/mol. The molecule has 0 atom stereocenters. The van der Waals surface area contributed by atoms with E-state index < -0.39 is 0 Å². The molecule has 1 aromatic carbocycles. The van der Waals surface area contributed by atoms with Crippen molar-refractivity contribution in [2.45, 2.75) is 13.8 Å². The first kappa shape index (κ1) is 10.6. The van der Waals surface area contributed by atoms with Crippen molar-refractivity contribution in [3.8, 4) is 11.1 Å². The third kappa shape index (κ3) is 1.89. The predicted molar refractivity (Wildman–Crippen MR) is 63.5 cm³/mol. The predicted octanol–water partition coefficient (Wildman–Crippen LogP) is 3.09. The molecular weight excluding hydrogens is 203 g/mol. The number of anilines is 1.